The average molecular weight is 282 g/mol. The molecule has 2 aromatic carbocycles. The summed E-state index contributed by atoms with van der Waals surface area (Å²) < 4.78 is 11.2. The lowest BCUT2D eigenvalue weighted by Gasteiger charge is -2.35. The average Bonchev–Trinajstić information content (AvgIpc) is 2.55. The molecule has 0 saturated carbocycles. The van der Waals surface area contributed by atoms with Crippen molar-refractivity contribution in [2.45, 2.75) is 24.9 Å². The zero-order valence-electron chi connectivity index (χ0n) is 11.8. The van der Waals surface area contributed by atoms with E-state index in [2.05, 4.69) is 6.07 Å². The normalized spacial score (nSPS) is 23.5. The fourth-order valence-electron chi connectivity index (χ4n) is 3.41. The summed E-state index contributed by atoms with van der Waals surface area (Å²) in [5.41, 5.74) is 2.22. The highest BCUT2D eigenvalue weighted by molar-refractivity contribution is 5.50. The Bertz CT molecular complexity index is 680. The second kappa shape index (κ2) is 4.78. The van der Waals surface area contributed by atoms with Gasteiger partial charge in [-0.3, -0.25) is 0 Å². The Balaban J connectivity index is 1.83. The lowest BCUT2D eigenvalue weighted by atomic mass is 9.75. The van der Waals surface area contributed by atoms with Gasteiger partial charge in [-0.2, -0.15) is 0 Å². The summed E-state index contributed by atoms with van der Waals surface area (Å²) in [6.45, 7) is 1.14. The molecule has 0 radical (unpaired) electrons. The van der Waals surface area contributed by atoms with Crippen LogP contribution >= 0.6 is 0 Å². The summed E-state index contributed by atoms with van der Waals surface area (Å²) in [6.07, 6.45) is 2.76. The quantitative estimate of drug-likeness (QED) is 0.873. The summed E-state index contributed by atoms with van der Waals surface area (Å²) in [4.78, 5) is 0. The molecule has 4 rings (SSSR count). The van der Waals surface area contributed by atoms with E-state index in [9.17, 15) is 5.11 Å². The van der Waals surface area contributed by atoms with Gasteiger partial charge in [0.15, 0.2) is 11.5 Å². The van der Waals surface area contributed by atoms with Gasteiger partial charge >= 0.3 is 0 Å². The molecule has 2 aromatic rings. The van der Waals surface area contributed by atoms with Gasteiger partial charge < -0.3 is 14.6 Å². The number of rotatable bonds is 1. The van der Waals surface area contributed by atoms with E-state index in [0.717, 1.165) is 41.9 Å². The van der Waals surface area contributed by atoms with Gasteiger partial charge in [0.05, 0.1) is 0 Å². The highest BCUT2D eigenvalue weighted by atomic mass is 16.6. The van der Waals surface area contributed by atoms with Crippen molar-refractivity contribution in [1.82, 2.24) is 0 Å². The Morgan fingerprint density at radius 2 is 1.76 bits per heavy atom. The molecule has 1 aliphatic carbocycles. The summed E-state index contributed by atoms with van der Waals surface area (Å²) in [5.74, 6) is 1.49. The van der Waals surface area contributed by atoms with Crippen LogP contribution < -0.4 is 9.47 Å². The zero-order valence-corrected chi connectivity index (χ0v) is 11.8. The summed E-state index contributed by atoms with van der Waals surface area (Å²) in [5, 5.41) is 11.3. The molecule has 1 unspecified atom stereocenters. The smallest absolute Gasteiger partial charge is 0.161 e. The van der Waals surface area contributed by atoms with Crippen molar-refractivity contribution in [2.75, 3.05) is 13.2 Å². The van der Waals surface area contributed by atoms with E-state index < -0.39 is 5.60 Å². The second-order valence-corrected chi connectivity index (χ2v) is 5.73. The molecule has 3 nitrogen and oxygen atoms in total. The molecule has 2 aliphatic rings. The standard InChI is InChI=1S/C18H18O3/c19-18(9-3-5-13-4-1-2-6-15(13)18)14-7-8-16-17(12-14)21-11-10-20-16/h1-2,4,6-8,12,19H,3,5,9-11H2. The Labute approximate surface area is 124 Å². The van der Waals surface area contributed by atoms with Crippen LogP contribution in [0.1, 0.15) is 29.5 Å². The van der Waals surface area contributed by atoms with Crippen LogP contribution in [0, 0.1) is 0 Å². The monoisotopic (exact) mass is 282 g/mol. The molecular formula is C18H18O3. The predicted octanol–water partition coefficient (Wildman–Crippen LogP) is 3.03. The van der Waals surface area contributed by atoms with Gasteiger partial charge in [0.25, 0.3) is 0 Å². The Morgan fingerprint density at radius 3 is 2.67 bits per heavy atom. The SMILES string of the molecule is OC1(c2ccc3c(c2)OCCO3)CCCc2ccccc21. The van der Waals surface area contributed by atoms with Crippen LogP contribution in [0.2, 0.25) is 0 Å². The molecule has 0 amide bonds. The molecule has 1 N–H and O–H groups in total. The molecule has 0 fully saturated rings. The van der Waals surface area contributed by atoms with E-state index in [4.69, 9.17) is 9.47 Å². The molecule has 0 bridgehead atoms. The van der Waals surface area contributed by atoms with Gasteiger partial charge in [0, 0.05) is 0 Å². The molecule has 1 heterocycles. The molecule has 0 aromatic heterocycles. The second-order valence-electron chi connectivity index (χ2n) is 5.73. The lowest BCUT2D eigenvalue weighted by molar-refractivity contribution is 0.0608. The summed E-state index contributed by atoms with van der Waals surface area (Å²) >= 11 is 0. The number of aryl methyl sites for hydroxylation is 1. The first-order valence-electron chi connectivity index (χ1n) is 7.48. The van der Waals surface area contributed by atoms with Crippen molar-refractivity contribution in [3.63, 3.8) is 0 Å². The summed E-state index contributed by atoms with van der Waals surface area (Å²) in [7, 11) is 0. The van der Waals surface area contributed by atoms with Crippen molar-refractivity contribution < 1.29 is 14.6 Å². The van der Waals surface area contributed by atoms with Gasteiger partial charge in [-0.15, -0.1) is 0 Å². The molecule has 21 heavy (non-hydrogen) atoms. The highest BCUT2D eigenvalue weighted by Gasteiger charge is 2.36. The van der Waals surface area contributed by atoms with Crippen LogP contribution in [0.4, 0.5) is 0 Å². The van der Waals surface area contributed by atoms with Gasteiger partial charge in [-0.1, -0.05) is 30.3 Å². The number of fused-ring (bicyclic) bond motifs is 2. The number of hydrogen-bond donors (Lipinski definition) is 1. The number of benzene rings is 2. The van der Waals surface area contributed by atoms with Crippen LogP contribution in [0.5, 0.6) is 11.5 Å². The third-order valence-corrected chi connectivity index (χ3v) is 4.47. The third-order valence-electron chi connectivity index (χ3n) is 4.47. The first-order valence-corrected chi connectivity index (χ1v) is 7.48. The fourth-order valence-corrected chi connectivity index (χ4v) is 3.41. The van der Waals surface area contributed by atoms with Crippen molar-refractivity contribution in [3.8, 4) is 11.5 Å². The number of aliphatic hydroxyl groups is 1. The first-order chi connectivity index (χ1) is 10.3. The minimum absolute atomic E-state index is 0.561. The van der Waals surface area contributed by atoms with Crippen LogP contribution in [-0.2, 0) is 12.0 Å². The van der Waals surface area contributed by atoms with E-state index in [1.54, 1.807) is 0 Å². The predicted molar refractivity (Wildman–Crippen MR) is 79.8 cm³/mol. The lowest BCUT2D eigenvalue weighted by Crippen LogP contribution is -2.32. The third kappa shape index (κ3) is 2.00. The zero-order chi connectivity index (χ0) is 14.3. The number of hydrogen-bond acceptors (Lipinski definition) is 3. The van der Waals surface area contributed by atoms with Crippen LogP contribution in [-0.4, -0.2) is 18.3 Å². The van der Waals surface area contributed by atoms with Gasteiger partial charge in [-0.25, -0.2) is 0 Å². The van der Waals surface area contributed by atoms with Gasteiger partial charge in [-0.05, 0) is 48.1 Å². The van der Waals surface area contributed by atoms with Crippen molar-refractivity contribution in [2.24, 2.45) is 0 Å². The largest absolute Gasteiger partial charge is 0.486 e. The molecule has 1 aliphatic heterocycles. The van der Waals surface area contributed by atoms with E-state index in [1.807, 2.05) is 36.4 Å². The van der Waals surface area contributed by atoms with Crippen LogP contribution in [0.25, 0.3) is 0 Å². The Hall–Kier alpha value is -2.00. The van der Waals surface area contributed by atoms with Crippen molar-refractivity contribution in [1.29, 1.82) is 0 Å². The van der Waals surface area contributed by atoms with E-state index >= 15 is 0 Å². The molecule has 0 saturated heterocycles. The van der Waals surface area contributed by atoms with Crippen molar-refractivity contribution in [3.05, 3.63) is 59.2 Å². The Morgan fingerprint density at radius 1 is 0.952 bits per heavy atom. The van der Waals surface area contributed by atoms with Gasteiger partial charge in [0.1, 0.15) is 18.8 Å². The molecule has 0 spiro atoms. The first kappa shape index (κ1) is 12.7. The highest BCUT2D eigenvalue weighted by Crippen LogP contribution is 2.43. The summed E-state index contributed by atoms with van der Waals surface area (Å²) in [6, 6.07) is 14.0. The maximum absolute atomic E-state index is 11.3. The minimum atomic E-state index is -0.926. The maximum Gasteiger partial charge on any atom is 0.161 e. The van der Waals surface area contributed by atoms with Crippen LogP contribution in [0.15, 0.2) is 42.5 Å². The topological polar surface area (TPSA) is 38.7 Å². The molecule has 108 valence electrons. The number of ether oxygens (including phenoxy) is 2. The van der Waals surface area contributed by atoms with E-state index in [0.29, 0.717) is 13.2 Å². The Kier molecular flexibility index (Phi) is 2.89. The molecule has 1 atom stereocenters. The van der Waals surface area contributed by atoms with E-state index in [-0.39, 0.29) is 0 Å². The minimum Gasteiger partial charge on any atom is -0.486 e. The molecule has 3 heteroatoms. The molecular weight excluding hydrogens is 264 g/mol. The van der Waals surface area contributed by atoms with Crippen LogP contribution in [0.3, 0.4) is 0 Å². The fraction of sp³-hybridized carbons (Fsp3) is 0.333. The van der Waals surface area contributed by atoms with Crippen molar-refractivity contribution >= 4 is 0 Å². The maximum atomic E-state index is 11.3. The van der Waals surface area contributed by atoms with E-state index in [1.165, 1.54) is 5.56 Å². The van der Waals surface area contributed by atoms with Gasteiger partial charge in [0.2, 0.25) is 0 Å².